The highest BCUT2D eigenvalue weighted by molar-refractivity contribution is 5.40. The average molecular weight is 224 g/mol. The summed E-state index contributed by atoms with van der Waals surface area (Å²) >= 11 is 0. The zero-order valence-electron chi connectivity index (χ0n) is 10.2. The lowest BCUT2D eigenvalue weighted by molar-refractivity contribution is 0.184. The van der Waals surface area contributed by atoms with E-state index in [1.807, 2.05) is 12.1 Å². The summed E-state index contributed by atoms with van der Waals surface area (Å²) < 4.78 is 10.9. The maximum absolute atomic E-state index is 9.26. The first-order chi connectivity index (χ1) is 7.74. The van der Waals surface area contributed by atoms with E-state index < -0.39 is 0 Å². The highest BCUT2D eigenvalue weighted by Gasteiger charge is 2.09. The smallest absolute Gasteiger partial charge is 0.125 e. The highest BCUT2D eigenvalue weighted by Crippen LogP contribution is 2.26. The van der Waals surface area contributed by atoms with Crippen LogP contribution in [0.2, 0.25) is 0 Å². The number of hydrogen-bond acceptors (Lipinski definition) is 3. The molecule has 0 saturated carbocycles. The Kier molecular flexibility index (Phi) is 5.12. The van der Waals surface area contributed by atoms with Crippen LogP contribution in [0.4, 0.5) is 0 Å². The zero-order chi connectivity index (χ0) is 12.0. The number of methoxy groups -OCH3 is 1. The van der Waals surface area contributed by atoms with Crippen molar-refractivity contribution < 1.29 is 14.6 Å². The number of hydrogen-bond donors (Lipinski definition) is 1. The van der Waals surface area contributed by atoms with E-state index in [4.69, 9.17) is 9.47 Å². The van der Waals surface area contributed by atoms with Crippen molar-refractivity contribution in [2.24, 2.45) is 0 Å². The molecule has 1 N–H and O–H groups in total. The van der Waals surface area contributed by atoms with Crippen LogP contribution >= 0.6 is 0 Å². The Bertz CT molecular complexity index is 319. The molecule has 0 amide bonds. The second-order valence-corrected chi connectivity index (χ2v) is 3.69. The molecule has 0 saturated heterocycles. The molecule has 0 aliphatic rings. The van der Waals surface area contributed by atoms with Gasteiger partial charge in [0.2, 0.25) is 0 Å². The molecular weight excluding hydrogens is 204 g/mol. The third kappa shape index (κ3) is 3.14. The minimum Gasteiger partial charge on any atom is -0.497 e. The lowest BCUT2D eigenvalue weighted by Crippen LogP contribution is -2.14. The predicted octanol–water partition coefficient (Wildman–Crippen LogP) is 2.75. The van der Waals surface area contributed by atoms with Gasteiger partial charge in [-0.2, -0.15) is 0 Å². The largest absolute Gasteiger partial charge is 0.497 e. The number of aliphatic hydroxyl groups is 1. The summed E-state index contributed by atoms with van der Waals surface area (Å²) in [6.07, 6.45) is 2.14. The van der Waals surface area contributed by atoms with E-state index in [1.165, 1.54) is 0 Å². The van der Waals surface area contributed by atoms with Crippen molar-refractivity contribution in [1.82, 2.24) is 0 Å². The van der Waals surface area contributed by atoms with Gasteiger partial charge in [-0.3, -0.25) is 0 Å². The van der Waals surface area contributed by atoms with E-state index in [0.717, 1.165) is 29.9 Å². The monoisotopic (exact) mass is 224 g/mol. The summed E-state index contributed by atoms with van der Waals surface area (Å²) in [4.78, 5) is 0. The second kappa shape index (κ2) is 6.38. The van der Waals surface area contributed by atoms with Crippen LogP contribution in [0.15, 0.2) is 18.2 Å². The molecule has 0 aliphatic heterocycles. The topological polar surface area (TPSA) is 38.7 Å². The third-order valence-electron chi connectivity index (χ3n) is 2.64. The minimum atomic E-state index is -0.0350. The van der Waals surface area contributed by atoms with E-state index >= 15 is 0 Å². The van der Waals surface area contributed by atoms with Crippen LogP contribution in [0.3, 0.4) is 0 Å². The molecule has 0 fully saturated rings. The number of benzene rings is 1. The van der Waals surface area contributed by atoms with Crippen LogP contribution < -0.4 is 9.47 Å². The van der Waals surface area contributed by atoms with Crippen LogP contribution in [-0.4, -0.2) is 18.3 Å². The van der Waals surface area contributed by atoms with Crippen molar-refractivity contribution >= 4 is 0 Å². The molecule has 3 nitrogen and oxygen atoms in total. The van der Waals surface area contributed by atoms with Gasteiger partial charge < -0.3 is 14.6 Å². The molecule has 0 aromatic heterocycles. The molecular formula is C13H20O3. The minimum absolute atomic E-state index is 0.0350. The molecule has 1 rings (SSSR count). The molecule has 1 aromatic carbocycles. The first kappa shape index (κ1) is 12.8. The summed E-state index contributed by atoms with van der Waals surface area (Å²) in [5.41, 5.74) is 0.770. The number of aliphatic hydroxyl groups excluding tert-OH is 1. The SMILES string of the molecule is CCC(CC)Oc1ccc(OC)cc1CO. The van der Waals surface area contributed by atoms with Crippen molar-refractivity contribution in [3.8, 4) is 11.5 Å². The molecule has 0 atom stereocenters. The molecule has 16 heavy (non-hydrogen) atoms. The summed E-state index contributed by atoms with van der Waals surface area (Å²) in [5.74, 6) is 1.48. The van der Waals surface area contributed by atoms with Gasteiger partial charge in [-0.25, -0.2) is 0 Å². The van der Waals surface area contributed by atoms with Gasteiger partial charge in [-0.05, 0) is 31.0 Å². The van der Waals surface area contributed by atoms with Crippen molar-refractivity contribution in [1.29, 1.82) is 0 Å². The summed E-state index contributed by atoms with van der Waals surface area (Å²) in [7, 11) is 1.61. The van der Waals surface area contributed by atoms with Gasteiger partial charge in [0.15, 0.2) is 0 Å². The lowest BCUT2D eigenvalue weighted by atomic mass is 10.1. The van der Waals surface area contributed by atoms with Gasteiger partial charge >= 0.3 is 0 Å². The fraction of sp³-hybridized carbons (Fsp3) is 0.538. The van der Waals surface area contributed by atoms with Crippen molar-refractivity contribution in [3.63, 3.8) is 0 Å². The van der Waals surface area contributed by atoms with Crippen molar-refractivity contribution in [2.75, 3.05) is 7.11 Å². The number of ether oxygens (including phenoxy) is 2. The van der Waals surface area contributed by atoms with E-state index in [1.54, 1.807) is 13.2 Å². The molecule has 0 aliphatic carbocycles. The Balaban J connectivity index is 2.86. The summed E-state index contributed by atoms with van der Waals surface area (Å²) in [5, 5.41) is 9.26. The predicted molar refractivity (Wildman–Crippen MR) is 63.9 cm³/mol. The average Bonchev–Trinajstić information content (AvgIpc) is 2.35. The van der Waals surface area contributed by atoms with Crippen molar-refractivity contribution in [3.05, 3.63) is 23.8 Å². The molecule has 0 spiro atoms. The normalized spacial score (nSPS) is 10.6. The van der Waals surface area contributed by atoms with Crippen LogP contribution in [0.5, 0.6) is 11.5 Å². The second-order valence-electron chi connectivity index (χ2n) is 3.69. The van der Waals surface area contributed by atoms with Gasteiger partial charge in [0, 0.05) is 5.56 Å². The Labute approximate surface area is 97.0 Å². The molecule has 3 heteroatoms. The molecule has 0 heterocycles. The lowest BCUT2D eigenvalue weighted by Gasteiger charge is -2.18. The van der Waals surface area contributed by atoms with Gasteiger partial charge in [0.05, 0.1) is 19.8 Å². The van der Waals surface area contributed by atoms with E-state index in [-0.39, 0.29) is 12.7 Å². The van der Waals surface area contributed by atoms with E-state index in [2.05, 4.69) is 13.8 Å². The number of rotatable bonds is 6. The molecule has 1 aromatic rings. The summed E-state index contributed by atoms with van der Waals surface area (Å²) in [6, 6.07) is 5.50. The molecule has 90 valence electrons. The van der Waals surface area contributed by atoms with Gasteiger partial charge in [0.25, 0.3) is 0 Å². The highest BCUT2D eigenvalue weighted by atomic mass is 16.5. The standard InChI is InChI=1S/C13H20O3/c1-4-11(5-2)16-13-7-6-12(15-3)8-10(13)9-14/h6-8,11,14H,4-5,9H2,1-3H3. The van der Waals surface area contributed by atoms with Crippen LogP contribution in [0.1, 0.15) is 32.3 Å². The Morgan fingerprint density at radius 3 is 2.44 bits per heavy atom. The Morgan fingerprint density at radius 1 is 1.25 bits per heavy atom. The van der Waals surface area contributed by atoms with Crippen LogP contribution in [-0.2, 0) is 6.61 Å². The van der Waals surface area contributed by atoms with Crippen molar-refractivity contribution in [2.45, 2.75) is 39.4 Å². The van der Waals surface area contributed by atoms with Gasteiger partial charge in [-0.1, -0.05) is 13.8 Å². The fourth-order valence-electron chi connectivity index (χ4n) is 1.56. The van der Waals surface area contributed by atoms with Crippen LogP contribution in [0.25, 0.3) is 0 Å². The zero-order valence-corrected chi connectivity index (χ0v) is 10.2. The van der Waals surface area contributed by atoms with E-state index in [0.29, 0.717) is 0 Å². The van der Waals surface area contributed by atoms with Crippen LogP contribution in [0, 0.1) is 0 Å². The molecule has 0 radical (unpaired) electrons. The summed E-state index contributed by atoms with van der Waals surface area (Å²) in [6.45, 7) is 4.15. The van der Waals surface area contributed by atoms with Gasteiger partial charge in [-0.15, -0.1) is 0 Å². The maximum atomic E-state index is 9.26. The Hall–Kier alpha value is -1.22. The Morgan fingerprint density at radius 2 is 1.94 bits per heavy atom. The molecule has 0 unspecified atom stereocenters. The fourth-order valence-corrected chi connectivity index (χ4v) is 1.56. The quantitative estimate of drug-likeness (QED) is 0.807. The maximum Gasteiger partial charge on any atom is 0.125 e. The third-order valence-corrected chi connectivity index (χ3v) is 2.64. The van der Waals surface area contributed by atoms with E-state index in [9.17, 15) is 5.11 Å². The first-order valence-corrected chi connectivity index (χ1v) is 5.69. The van der Waals surface area contributed by atoms with Gasteiger partial charge in [0.1, 0.15) is 11.5 Å². The molecule has 0 bridgehead atoms. The first-order valence-electron chi connectivity index (χ1n) is 5.69.